The molecule has 0 radical (unpaired) electrons. The number of ether oxygens (including phenoxy) is 1. The first-order chi connectivity index (χ1) is 9.19. The van der Waals surface area contributed by atoms with Crippen LogP contribution in [0.5, 0.6) is 0 Å². The van der Waals surface area contributed by atoms with Crippen molar-refractivity contribution in [1.29, 1.82) is 0 Å². The molecular formula is C12H21N5O2. The summed E-state index contributed by atoms with van der Waals surface area (Å²) in [7, 11) is 3.79. The quantitative estimate of drug-likeness (QED) is 0.629. The van der Waals surface area contributed by atoms with Gasteiger partial charge in [-0.05, 0) is 6.42 Å². The van der Waals surface area contributed by atoms with E-state index in [4.69, 9.17) is 9.26 Å². The van der Waals surface area contributed by atoms with Gasteiger partial charge in [0, 0.05) is 40.1 Å². The van der Waals surface area contributed by atoms with E-state index in [-0.39, 0.29) is 0 Å². The second-order valence-corrected chi connectivity index (χ2v) is 4.74. The van der Waals surface area contributed by atoms with Crippen molar-refractivity contribution in [1.82, 2.24) is 20.4 Å². The van der Waals surface area contributed by atoms with Crippen molar-refractivity contribution in [2.24, 2.45) is 10.9 Å². The van der Waals surface area contributed by atoms with Crippen molar-refractivity contribution in [2.45, 2.75) is 19.9 Å². The first-order valence-corrected chi connectivity index (χ1v) is 6.47. The van der Waals surface area contributed by atoms with E-state index in [0.29, 0.717) is 24.2 Å². The summed E-state index contributed by atoms with van der Waals surface area (Å²) in [4.78, 5) is 10.5. The Hall–Kier alpha value is -1.63. The Balaban J connectivity index is 1.81. The van der Waals surface area contributed by atoms with Gasteiger partial charge in [-0.1, -0.05) is 5.16 Å². The van der Waals surface area contributed by atoms with Gasteiger partial charge in [0.15, 0.2) is 11.8 Å². The number of aliphatic imine (C=N–C) groups is 1. The molecule has 1 atom stereocenters. The summed E-state index contributed by atoms with van der Waals surface area (Å²) < 4.78 is 10.3. The second-order valence-electron chi connectivity index (χ2n) is 4.74. The first kappa shape index (κ1) is 13.8. The van der Waals surface area contributed by atoms with Crippen LogP contribution < -0.4 is 5.32 Å². The van der Waals surface area contributed by atoms with Crippen molar-refractivity contribution in [2.75, 3.05) is 33.9 Å². The maximum atomic E-state index is 5.38. The summed E-state index contributed by atoms with van der Waals surface area (Å²) in [6, 6.07) is 0. The van der Waals surface area contributed by atoms with Crippen LogP contribution in [0, 0.1) is 12.8 Å². The molecular weight excluding hydrogens is 246 g/mol. The van der Waals surface area contributed by atoms with Gasteiger partial charge in [0.25, 0.3) is 0 Å². The van der Waals surface area contributed by atoms with E-state index in [1.165, 1.54) is 0 Å². The molecule has 106 valence electrons. The van der Waals surface area contributed by atoms with Gasteiger partial charge in [-0.2, -0.15) is 4.98 Å². The molecule has 1 saturated heterocycles. The molecule has 0 bridgehead atoms. The number of guanidine groups is 1. The van der Waals surface area contributed by atoms with Crippen LogP contribution in [0.15, 0.2) is 9.52 Å². The Bertz CT molecular complexity index is 426. The minimum atomic E-state index is 0.509. The maximum Gasteiger partial charge on any atom is 0.223 e. The zero-order chi connectivity index (χ0) is 13.7. The predicted octanol–water partition coefficient (Wildman–Crippen LogP) is 0.422. The normalized spacial score (nSPS) is 19.7. The molecule has 7 nitrogen and oxygen atoms in total. The fourth-order valence-corrected chi connectivity index (χ4v) is 2.16. The van der Waals surface area contributed by atoms with E-state index < -0.39 is 0 Å². The zero-order valence-corrected chi connectivity index (χ0v) is 11.7. The highest BCUT2D eigenvalue weighted by Crippen LogP contribution is 2.13. The van der Waals surface area contributed by atoms with Gasteiger partial charge >= 0.3 is 0 Å². The molecule has 0 spiro atoms. The molecule has 2 heterocycles. The van der Waals surface area contributed by atoms with Gasteiger partial charge < -0.3 is 19.5 Å². The number of aryl methyl sites for hydroxylation is 1. The van der Waals surface area contributed by atoms with E-state index in [1.54, 1.807) is 14.0 Å². The molecule has 0 aromatic carbocycles. The summed E-state index contributed by atoms with van der Waals surface area (Å²) in [5.74, 6) is 2.62. The van der Waals surface area contributed by atoms with Gasteiger partial charge in [0.2, 0.25) is 5.89 Å². The van der Waals surface area contributed by atoms with Crippen molar-refractivity contribution < 1.29 is 9.26 Å². The van der Waals surface area contributed by atoms with E-state index in [9.17, 15) is 0 Å². The molecule has 19 heavy (non-hydrogen) atoms. The Kier molecular flexibility index (Phi) is 4.73. The minimum Gasteiger partial charge on any atom is -0.381 e. The molecule has 1 unspecified atom stereocenters. The average molecular weight is 267 g/mol. The molecule has 1 fully saturated rings. The lowest BCUT2D eigenvalue weighted by Gasteiger charge is -2.24. The molecule has 0 amide bonds. The SMILES string of the molecule is CN=C(NCc1noc(C)n1)N(C)CC1CCOC1. The molecule has 1 aromatic rings. The fraction of sp³-hybridized carbons (Fsp3) is 0.750. The summed E-state index contributed by atoms with van der Waals surface area (Å²) in [5, 5.41) is 7.07. The lowest BCUT2D eigenvalue weighted by atomic mass is 10.1. The van der Waals surface area contributed by atoms with Crippen LogP contribution in [0.2, 0.25) is 0 Å². The number of hydrogen-bond donors (Lipinski definition) is 1. The topological polar surface area (TPSA) is 75.8 Å². The van der Waals surface area contributed by atoms with Crippen LogP contribution in [0.3, 0.4) is 0 Å². The van der Waals surface area contributed by atoms with E-state index in [0.717, 1.165) is 32.1 Å². The van der Waals surface area contributed by atoms with Gasteiger partial charge in [-0.15, -0.1) is 0 Å². The molecule has 1 aliphatic heterocycles. The van der Waals surface area contributed by atoms with Crippen LogP contribution in [-0.4, -0.2) is 54.9 Å². The van der Waals surface area contributed by atoms with Gasteiger partial charge in [0.1, 0.15) is 0 Å². The highest BCUT2D eigenvalue weighted by atomic mass is 16.5. The van der Waals surface area contributed by atoms with Gasteiger partial charge in [-0.3, -0.25) is 4.99 Å². The Labute approximate surface area is 113 Å². The minimum absolute atomic E-state index is 0.509. The highest BCUT2D eigenvalue weighted by molar-refractivity contribution is 5.79. The van der Waals surface area contributed by atoms with Gasteiger partial charge in [-0.25, -0.2) is 0 Å². The van der Waals surface area contributed by atoms with Crippen LogP contribution >= 0.6 is 0 Å². The van der Waals surface area contributed by atoms with E-state index in [2.05, 4.69) is 25.3 Å². The molecule has 1 aliphatic rings. The number of nitrogens with zero attached hydrogens (tertiary/aromatic N) is 4. The summed E-state index contributed by atoms with van der Waals surface area (Å²) in [6.45, 7) is 4.93. The Morgan fingerprint density at radius 3 is 3.00 bits per heavy atom. The predicted molar refractivity (Wildman–Crippen MR) is 70.8 cm³/mol. The van der Waals surface area contributed by atoms with Crippen LogP contribution in [0.1, 0.15) is 18.1 Å². The molecule has 1 N–H and O–H groups in total. The van der Waals surface area contributed by atoms with Crippen LogP contribution in [-0.2, 0) is 11.3 Å². The Morgan fingerprint density at radius 2 is 2.42 bits per heavy atom. The lowest BCUT2D eigenvalue weighted by molar-refractivity contribution is 0.181. The summed E-state index contributed by atoms with van der Waals surface area (Å²) in [5.41, 5.74) is 0. The summed E-state index contributed by atoms with van der Waals surface area (Å²) in [6.07, 6.45) is 1.12. The van der Waals surface area contributed by atoms with Crippen molar-refractivity contribution in [3.8, 4) is 0 Å². The first-order valence-electron chi connectivity index (χ1n) is 6.47. The number of aromatic nitrogens is 2. The van der Waals surface area contributed by atoms with E-state index in [1.807, 2.05) is 7.05 Å². The van der Waals surface area contributed by atoms with Crippen molar-refractivity contribution in [3.63, 3.8) is 0 Å². The van der Waals surface area contributed by atoms with Crippen LogP contribution in [0.25, 0.3) is 0 Å². The molecule has 1 aromatic heterocycles. The van der Waals surface area contributed by atoms with Gasteiger partial charge in [0.05, 0.1) is 13.2 Å². The molecule has 0 aliphatic carbocycles. The third kappa shape index (κ3) is 3.92. The monoisotopic (exact) mass is 267 g/mol. The lowest BCUT2D eigenvalue weighted by Crippen LogP contribution is -2.41. The van der Waals surface area contributed by atoms with Crippen molar-refractivity contribution >= 4 is 5.96 Å². The van der Waals surface area contributed by atoms with Crippen LogP contribution in [0.4, 0.5) is 0 Å². The number of nitrogens with one attached hydrogen (secondary N) is 1. The third-order valence-electron chi connectivity index (χ3n) is 3.10. The second kappa shape index (κ2) is 6.51. The highest BCUT2D eigenvalue weighted by Gasteiger charge is 2.19. The van der Waals surface area contributed by atoms with E-state index >= 15 is 0 Å². The summed E-state index contributed by atoms with van der Waals surface area (Å²) >= 11 is 0. The molecule has 2 rings (SSSR count). The smallest absolute Gasteiger partial charge is 0.223 e. The fourth-order valence-electron chi connectivity index (χ4n) is 2.16. The standard InChI is InChI=1S/C12H21N5O2/c1-9-15-11(16-19-9)6-14-12(13-2)17(3)7-10-4-5-18-8-10/h10H,4-8H2,1-3H3,(H,13,14). The third-order valence-corrected chi connectivity index (χ3v) is 3.10. The number of rotatable bonds is 4. The molecule has 7 heteroatoms. The average Bonchev–Trinajstić information content (AvgIpc) is 3.02. The number of hydrogen-bond acceptors (Lipinski definition) is 5. The maximum absolute atomic E-state index is 5.38. The largest absolute Gasteiger partial charge is 0.381 e. The molecule has 0 saturated carbocycles. The Morgan fingerprint density at radius 1 is 1.58 bits per heavy atom. The zero-order valence-electron chi connectivity index (χ0n) is 11.7. The van der Waals surface area contributed by atoms with Crippen molar-refractivity contribution in [3.05, 3.63) is 11.7 Å².